The fraction of sp³-hybridized carbons (Fsp3) is 0.222. The highest BCUT2D eigenvalue weighted by atomic mass is 32.2. The van der Waals surface area contributed by atoms with E-state index in [0.717, 1.165) is 12.1 Å². The topological polar surface area (TPSA) is 143 Å². The van der Waals surface area contributed by atoms with E-state index in [2.05, 4.69) is 25.7 Å². The number of amides is 1. The van der Waals surface area contributed by atoms with E-state index >= 15 is 0 Å². The molecule has 12 nitrogen and oxygen atoms in total. The van der Waals surface area contributed by atoms with Crippen molar-refractivity contribution in [2.45, 2.75) is 37.4 Å². The SMILES string of the molecule is Cc1nc2c(OCc3c(F)cccc3F)cccn2c1C(=O)N[C@@](C)(COS(=O)(=O)c1ccccc1)c1nnn(C(F)F)n1. The molecule has 0 fully saturated rings. The molecular weight excluding hydrogens is 610 g/mol. The first-order valence-corrected chi connectivity index (χ1v) is 14.2. The van der Waals surface area contributed by atoms with Crippen molar-refractivity contribution in [1.29, 1.82) is 0 Å². The average molecular weight is 634 g/mol. The molecule has 44 heavy (non-hydrogen) atoms. The van der Waals surface area contributed by atoms with Crippen LogP contribution in [0.5, 0.6) is 5.75 Å². The molecule has 5 rings (SSSR count). The predicted molar refractivity (Wildman–Crippen MR) is 144 cm³/mol. The first kappa shape index (κ1) is 30.6. The van der Waals surface area contributed by atoms with Gasteiger partial charge in [0.2, 0.25) is 5.82 Å². The Kier molecular flexibility index (Phi) is 8.33. The van der Waals surface area contributed by atoms with Crippen LogP contribution >= 0.6 is 0 Å². The summed E-state index contributed by atoms with van der Waals surface area (Å²) >= 11 is 0. The zero-order valence-electron chi connectivity index (χ0n) is 23.0. The Morgan fingerprint density at radius 1 is 1.05 bits per heavy atom. The van der Waals surface area contributed by atoms with Gasteiger partial charge in [0.25, 0.3) is 16.0 Å². The molecule has 0 unspecified atom stereocenters. The summed E-state index contributed by atoms with van der Waals surface area (Å²) in [5, 5.41) is 13.0. The molecule has 0 aliphatic heterocycles. The quantitative estimate of drug-likeness (QED) is 0.169. The second-order valence-electron chi connectivity index (χ2n) is 9.63. The summed E-state index contributed by atoms with van der Waals surface area (Å²) in [5.74, 6) is -2.81. The highest BCUT2D eigenvalue weighted by Gasteiger charge is 2.38. The van der Waals surface area contributed by atoms with Crippen molar-refractivity contribution in [3.63, 3.8) is 0 Å². The van der Waals surface area contributed by atoms with Crippen LogP contribution in [0, 0.1) is 18.6 Å². The number of nitrogens with zero attached hydrogens (tertiary/aromatic N) is 6. The summed E-state index contributed by atoms with van der Waals surface area (Å²) in [6.45, 7) is -1.66. The maximum atomic E-state index is 14.1. The van der Waals surface area contributed by atoms with Gasteiger partial charge in [0.1, 0.15) is 29.5 Å². The van der Waals surface area contributed by atoms with Gasteiger partial charge in [0, 0.05) is 6.20 Å². The van der Waals surface area contributed by atoms with Gasteiger partial charge in [-0.3, -0.25) is 13.4 Å². The first-order valence-electron chi connectivity index (χ1n) is 12.8. The van der Waals surface area contributed by atoms with Gasteiger partial charge in [-0.25, -0.2) is 13.8 Å². The van der Waals surface area contributed by atoms with Crippen LogP contribution in [0.1, 0.15) is 41.0 Å². The second-order valence-corrected chi connectivity index (χ2v) is 11.2. The lowest BCUT2D eigenvalue weighted by molar-refractivity contribution is 0.0387. The van der Waals surface area contributed by atoms with Crippen molar-refractivity contribution in [2.75, 3.05) is 6.61 Å². The smallest absolute Gasteiger partial charge is 0.350 e. The fourth-order valence-corrected chi connectivity index (χ4v) is 5.23. The van der Waals surface area contributed by atoms with E-state index in [1.165, 1.54) is 66.9 Å². The molecule has 17 heteroatoms. The normalized spacial score (nSPS) is 13.2. The van der Waals surface area contributed by atoms with Gasteiger partial charge in [-0.1, -0.05) is 29.1 Å². The number of carbonyl (C=O) groups excluding carboxylic acids is 1. The largest absolute Gasteiger partial charge is 0.485 e. The molecule has 0 radical (unpaired) electrons. The van der Waals surface area contributed by atoms with Crippen LogP contribution in [0.25, 0.3) is 5.65 Å². The number of aromatic nitrogens is 6. The van der Waals surface area contributed by atoms with E-state index in [0.29, 0.717) is 0 Å². The number of tetrazole rings is 1. The van der Waals surface area contributed by atoms with Crippen molar-refractivity contribution in [2.24, 2.45) is 0 Å². The minimum atomic E-state index is -4.35. The maximum absolute atomic E-state index is 14.1. The Labute approximate surface area is 247 Å². The monoisotopic (exact) mass is 633 g/mol. The number of hydrogen-bond acceptors (Lipinski definition) is 9. The molecule has 0 spiro atoms. The van der Waals surface area contributed by atoms with Gasteiger partial charge in [0.05, 0.1) is 22.8 Å². The molecule has 0 aliphatic rings. The molecule has 230 valence electrons. The lowest BCUT2D eigenvalue weighted by Gasteiger charge is -2.27. The van der Waals surface area contributed by atoms with Crippen molar-refractivity contribution in [1.82, 2.24) is 34.9 Å². The first-order chi connectivity index (χ1) is 20.9. The number of rotatable bonds is 11. The molecule has 0 bridgehead atoms. The lowest BCUT2D eigenvalue weighted by Crippen LogP contribution is -2.48. The predicted octanol–water partition coefficient (Wildman–Crippen LogP) is 3.93. The van der Waals surface area contributed by atoms with Crippen molar-refractivity contribution in [3.8, 4) is 5.75 Å². The molecule has 0 aliphatic carbocycles. The molecule has 1 N–H and O–H groups in total. The number of aryl methyl sites for hydroxylation is 1. The summed E-state index contributed by atoms with van der Waals surface area (Å²) in [4.78, 5) is 17.9. The molecule has 0 saturated heterocycles. The Morgan fingerprint density at radius 2 is 1.75 bits per heavy atom. The third-order valence-electron chi connectivity index (χ3n) is 6.46. The van der Waals surface area contributed by atoms with Crippen LogP contribution in [0.15, 0.2) is 71.8 Å². The Hall–Kier alpha value is -4.90. The van der Waals surface area contributed by atoms with Crippen LogP contribution in [-0.4, -0.2) is 50.5 Å². The molecule has 3 heterocycles. The van der Waals surface area contributed by atoms with Gasteiger partial charge < -0.3 is 10.1 Å². The van der Waals surface area contributed by atoms with Gasteiger partial charge >= 0.3 is 6.55 Å². The lowest BCUT2D eigenvalue weighted by atomic mass is 10.0. The standard InChI is InChI=1S/C27H23F4N7O5S/c1-16-22(37-13-7-12-21(23(37)32-16)42-14-18-19(28)10-6-11-20(18)29)24(39)33-27(2,25-34-36-38(35-25)26(30)31)15-43-44(40,41)17-8-4-3-5-9-17/h3-13,26H,14-15H2,1-2H3,(H,33,39)/t27-/m0/s1. The van der Waals surface area contributed by atoms with Crippen LogP contribution in [-0.2, 0) is 26.4 Å². The van der Waals surface area contributed by atoms with Crippen LogP contribution in [0.2, 0.25) is 0 Å². The van der Waals surface area contributed by atoms with Crippen molar-refractivity contribution < 1.29 is 39.7 Å². The van der Waals surface area contributed by atoms with E-state index in [9.17, 15) is 30.8 Å². The Morgan fingerprint density at radius 3 is 2.41 bits per heavy atom. The van der Waals surface area contributed by atoms with Crippen LogP contribution in [0.3, 0.4) is 0 Å². The van der Waals surface area contributed by atoms with Crippen molar-refractivity contribution >= 4 is 21.7 Å². The maximum Gasteiger partial charge on any atom is 0.350 e. The second kappa shape index (κ2) is 12.0. The van der Waals surface area contributed by atoms with Crippen LogP contribution in [0.4, 0.5) is 17.6 Å². The molecule has 1 atom stereocenters. The van der Waals surface area contributed by atoms with Gasteiger partial charge in [0.15, 0.2) is 11.4 Å². The number of nitrogens with one attached hydrogen (secondary N) is 1. The Balaban J connectivity index is 1.46. The highest BCUT2D eigenvalue weighted by molar-refractivity contribution is 7.86. The third-order valence-corrected chi connectivity index (χ3v) is 7.74. The van der Waals surface area contributed by atoms with Gasteiger partial charge in [-0.15, -0.1) is 10.2 Å². The zero-order chi connectivity index (χ0) is 31.6. The fourth-order valence-electron chi connectivity index (χ4n) is 4.21. The summed E-state index contributed by atoms with van der Waals surface area (Å²) in [7, 11) is -4.35. The van der Waals surface area contributed by atoms with Gasteiger partial charge in [-0.05, 0) is 55.5 Å². The molecular formula is C27H23F4N7O5S. The number of ether oxygens (including phenoxy) is 1. The third kappa shape index (κ3) is 6.09. The molecule has 3 aromatic heterocycles. The van der Waals surface area contributed by atoms with E-state index in [1.54, 1.807) is 6.07 Å². The number of benzene rings is 2. The number of carbonyl (C=O) groups is 1. The zero-order valence-corrected chi connectivity index (χ0v) is 23.8. The molecule has 0 saturated carbocycles. The van der Waals surface area contributed by atoms with E-state index in [-0.39, 0.29) is 38.0 Å². The number of hydrogen-bond donors (Lipinski definition) is 1. The number of halogens is 4. The number of pyridine rings is 1. The van der Waals surface area contributed by atoms with E-state index in [4.69, 9.17) is 8.92 Å². The molecule has 2 aromatic carbocycles. The summed E-state index contributed by atoms with van der Waals surface area (Å²) < 4.78 is 92.6. The summed E-state index contributed by atoms with van der Waals surface area (Å²) in [5.41, 5.74) is -1.96. The van der Waals surface area contributed by atoms with E-state index < -0.39 is 58.8 Å². The minimum Gasteiger partial charge on any atom is -0.485 e. The van der Waals surface area contributed by atoms with Crippen LogP contribution < -0.4 is 10.1 Å². The summed E-state index contributed by atoms with van der Waals surface area (Å²) in [6, 6.07) is 13.5. The highest BCUT2D eigenvalue weighted by Crippen LogP contribution is 2.26. The summed E-state index contributed by atoms with van der Waals surface area (Å²) in [6.07, 6.45) is 1.47. The number of fused-ring (bicyclic) bond motifs is 1. The van der Waals surface area contributed by atoms with E-state index in [1.807, 2.05) is 0 Å². The average Bonchev–Trinajstić information content (AvgIpc) is 3.62. The van der Waals surface area contributed by atoms with Crippen molar-refractivity contribution in [3.05, 3.63) is 101 Å². The Bertz CT molecular complexity index is 1920. The van der Waals surface area contributed by atoms with Gasteiger partial charge in [-0.2, -0.15) is 17.2 Å². The molecule has 5 aromatic rings. The number of imidazole rings is 1. The molecule has 1 amide bonds. The minimum absolute atomic E-state index is 0.00702. The number of alkyl halides is 2.